The maximum Gasteiger partial charge on any atom is 0.306 e. The first-order valence-corrected chi connectivity index (χ1v) is 7.02. The molecule has 108 valence electrons. The van der Waals surface area contributed by atoms with Gasteiger partial charge in [0.2, 0.25) is 5.91 Å². The van der Waals surface area contributed by atoms with E-state index in [-0.39, 0.29) is 11.8 Å². The SMILES string of the molecule is O=C(O)C1CCC(C(=O)Nc2cccc3ncccc23)C1. The molecule has 1 amide bonds. The first kappa shape index (κ1) is 13.5. The molecule has 0 radical (unpaired) electrons. The predicted molar refractivity (Wildman–Crippen MR) is 78.8 cm³/mol. The van der Waals surface area contributed by atoms with Crippen LogP contribution in [-0.4, -0.2) is 22.0 Å². The molecule has 1 heterocycles. The second-order valence-corrected chi connectivity index (χ2v) is 5.41. The van der Waals surface area contributed by atoms with Crippen LogP contribution >= 0.6 is 0 Å². The lowest BCUT2D eigenvalue weighted by Gasteiger charge is -2.12. The Bertz CT molecular complexity index is 693. The third kappa shape index (κ3) is 2.72. The molecule has 1 aliphatic carbocycles. The Balaban J connectivity index is 1.77. The molecule has 2 atom stereocenters. The fourth-order valence-corrected chi connectivity index (χ4v) is 2.89. The van der Waals surface area contributed by atoms with Crippen LogP contribution in [0.3, 0.4) is 0 Å². The van der Waals surface area contributed by atoms with Gasteiger partial charge in [0, 0.05) is 17.5 Å². The van der Waals surface area contributed by atoms with Crippen molar-refractivity contribution in [3.05, 3.63) is 36.5 Å². The van der Waals surface area contributed by atoms with Gasteiger partial charge in [-0.3, -0.25) is 14.6 Å². The molecule has 1 saturated carbocycles. The minimum absolute atomic E-state index is 0.102. The van der Waals surface area contributed by atoms with Crippen molar-refractivity contribution in [1.82, 2.24) is 4.98 Å². The largest absolute Gasteiger partial charge is 0.481 e. The molecular weight excluding hydrogens is 268 g/mol. The van der Waals surface area contributed by atoms with Gasteiger partial charge in [-0.2, -0.15) is 0 Å². The van der Waals surface area contributed by atoms with E-state index >= 15 is 0 Å². The Labute approximate surface area is 122 Å². The summed E-state index contributed by atoms with van der Waals surface area (Å²) in [6, 6.07) is 9.31. The smallest absolute Gasteiger partial charge is 0.306 e. The van der Waals surface area contributed by atoms with Crippen LogP contribution < -0.4 is 5.32 Å². The molecule has 3 rings (SSSR count). The molecule has 21 heavy (non-hydrogen) atoms. The number of carbonyl (C=O) groups is 2. The van der Waals surface area contributed by atoms with Gasteiger partial charge in [0.05, 0.1) is 17.1 Å². The quantitative estimate of drug-likeness (QED) is 0.908. The number of anilines is 1. The molecule has 5 heteroatoms. The molecule has 1 aromatic carbocycles. The molecule has 5 nitrogen and oxygen atoms in total. The van der Waals surface area contributed by atoms with Crippen molar-refractivity contribution in [3.8, 4) is 0 Å². The number of rotatable bonds is 3. The van der Waals surface area contributed by atoms with E-state index < -0.39 is 11.9 Å². The minimum atomic E-state index is -0.806. The molecule has 1 aromatic heterocycles. The maximum atomic E-state index is 12.3. The Kier molecular flexibility index (Phi) is 3.56. The third-order valence-electron chi connectivity index (χ3n) is 4.06. The number of pyridine rings is 1. The van der Waals surface area contributed by atoms with Gasteiger partial charge >= 0.3 is 5.97 Å². The van der Waals surface area contributed by atoms with Crippen molar-refractivity contribution in [2.24, 2.45) is 11.8 Å². The molecule has 2 N–H and O–H groups in total. The Morgan fingerprint density at radius 2 is 1.95 bits per heavy atom. The molecule has 2 unspecified atom stereocenters. The highest BCUT2D eigenvalue weighted by atomic mass is 16.4. The van der Waals surface area contributed by atoms with E-state index in [2.05, 4.69) is 10.3 Å². The summed E-state index contributed by atoms with van der Waals surface area (Å²) in [6.07, 6.45) is 3.34. The topological polar surface area (TPSA) is 79.3 Å². The lowest BCUT2D eigenvalue weighted by atomic mass is 10.0. The molecule has 0 bridgehead atoms. The summed E-state index contributed by atoms with van der Waals surface area (Å²) < 4.78 is 0. The van der Waals surface area contributed by atoms with E-state index in [1.165, 1.54) is 0 Å². The predicted octanol–water partition coefficient (Wildman–Crippen LogP) is 2.67. The van der Waals surface area contributed by atoms with Crippen LogP contribution in [0.4, 0.5) is 5.69 Å². The summed E-state index contributed by atoms with van der Waals surface area (Å²) in [7, 11) is 0. The fraction of sp³-hybridized carbons (Fsp3) is 0.312. The van der Waals surface area contributed by atoms with E-state index in [0.717, 1.165) is 16.6 Å². The second-order valence-electron chi connectivity index (χ2n) is 5.41. The summed E-state index contributed by atoms with van der Waals surface area (Å²) in [5, 5.41) is 12.8. The highest BCUT2D eigenvalue weighted by molar-refractivity contribution is 6.01. The zero-order valence-corrected chi connectivity index (χ0v) is 11.5. The van der Waals surface area contributed by atoms with Crippen LogP contribution in [0.15, 0.2) is 36.5 Å². The van der Waals surface area contributed by atoms with Crippen LogP contribution in [0.5, 0.6) is 0 Å². The zero-order valence-electron chi connectivity index (χ0n) is 11.5. The number of aliphatic carboxylic acids is 1. The molecular formula is C16H16N2O3. The van der Waals surface area contributed by atoms with E-state index in [1.54, 1.807) is 6.20 Å². The number of amides is 1. The van der Waals surface area contributed by atoms with Crippen molar-refractivity contribution < 1.29 is 14.7 Å². The first-order chi connectivity index (χ1) is 10.1. The van der Waals surface area contributed by atoms with E-state index in [0.29, 0.717) is 19.3 Å². The van der Waals surface area contributed by atoms with Gasteiger partial charge in [-0.05, 0) is 43.5 Å². The second kappa shape index (κ2) is 5.52. The average Bonchev–Trinajstić information content (AvgIpc) is 2.98. The van der Waals surface area contributed by atoms with Crippen LogP contribution in [0.25, 0.3) is 10.9 Å². The number of benzene rings is 1. The number of hydrogen-bond donors (Lipinski definition) is 2. The number of fused-ring (bicyclic) bond motifs is 1. The number of carboxylic acid groups (broad SMARTS) is 1. The average molecular weight is 284 g/mol. The molecule has 0 saturated heterocycles. The lowest BCUT2D eigenvalue weighted by Crippen LogP contribution is -2.21. The summed E-state index contributed by atoms with van der Waals surface area (Å²) >= 11 is 0. The van der Waals surface area contributed by atoms with Gasteiger partial charge in [0.25, 0.3) is 0 Å². The number of nitrogens with zero attached hydrogens (tertiary/aromatic N) is 1. The third-order valence-corrected chi connectivity index (χ3v) is 4.06. The van der Waals surface area contributed by atoms with Crippen LogP contribution in [0.1, 0.15) is 19.3 Å². The maximum absolute atomic E-state index is 12.3. The van der Waals surface area contributed by atoms with Crippen LogP contribution in [0, 0.1) is 11.8 Å². The van der Waals surface area contributed by atoms with Crippen molar-refractivity contribution >= 4 is 28.5 Å². The standard InChI is InChI=1S/C16H16N2O3/c19-15(10-6-7-11(9-10)16(20)21)18-14-5-1-4-13-12(14)3-2-8-17-13/h1-5,8,10-11H,6-7,9H2,(H,18,19)(H,20,21). The van der Waals surface area contributed by atoms with Crippen molar-refractivity contribution in [3.63, 3.8) is 0 Å². The molecule has 0 spiro atoms. The first-order valence-electron chi connectivity index (χ1n) is 7.02. The van der Waals surface area contributed by atoms with Gasteiger partial charge in [-0.15, -0.1) is 0 Å². The highest BCUT2D eigenvalue weighted by Crippen LogP contribution is 2.32. The van der Waals surface area contributed by atoms with Crippen molar-refractivity contribution in [2.75, 3.05) is 5.32 Å². The van der Waals surface area contributed by atoms with E-state index in [4.69, 9.17) is 5.11 Å². The summed E-state index contributed by atoms with van der Waals surface area (Å²) in [5.74, 6) is -1.53. The molecule has 0 aliphatic heterocycles. The molecule has 1 fully saturated rings. The highest BCUT2D eigenvalue weighted by Gasteiger charge is 2.33. The normalized spacial score (nSPS) is 21.3. The van der Waals surface area contributed by atoms with Gasteiger partial charge in [-0.25, -0.2) is 0 Å². The molecule has 2 aromatic rings. The number of aromatic nitrogens is 1. The van der Waals surface area contributed by atoms with Gasteiger partial charge < -0.3 is 10.4 Å². The van der Waals surface area contributed by atoms with Gasteiger partial charge in [-0.1, -0.05) is 6.07 Å². The summed E-state index contributed by atoms with van der Waals surface area (Å²) in [5.41, 5.74) is 1.55. The van der Waals surface area contributed by atoms with E-state index in [9.17, 15) is 9.59 Å². The number of nitrogens with one attached hydrogen (secondary N) is 1. The Hall–Kier alpha value is -2.43. The monoisotopic (exact) mass is 284 g/mol. The fourth-order valence-electron chi connectivity index (χ4n) is 2.89. The minimum Gasteiger partial charge on any atom is -0.481 e. The van der Waals surface area contributed by atoms with Gasteiger partial charge in [0.1, 0.15) is 0 Å². The zero-order chi connectivity index (χ0) is 14.8. The van der Waals surface area contributed by atoms with Crippen LogP contribution in [0.2, 0.25) is 0 Å². The van der Waals surface area contributed by atoms with Crippen molar-refractivity contribution in [2.45, 2.75) is 19.3 Å². The van der Waals surface area contributed by atoms with Crippen LogP contribution in [-0.2, 0) is 9.59 Å². The van der Waals surface area contributed by atoms with E-state index in [1.807, 2.05) is 30.3 Å². The Morgan fingerprint density at radius 3 is 2.71 bits per heavy atom. The van der Waals surface area contributed by atoms with Crippen molar-refractivity contribution in [1.29, 1.82) is 0 Å². The number of carbonyl (C=O) groups excluding carboxylic acids is 1. The number of carboxylic acids is 1. The number of hydrogen-bond acceptors (Lipinski definition) is 3. The Morgan fingerprint density at radius 1 is 1.14 bits per heavy atom. The summed E-state index contributed by atoms with van der Waals surface area (Å²) in [4.78, 5) is 27.5. The molecule has 1 aliphatic rings. The lowest BCUT2D eigenvalue weighted by molar-refractivity contribution is -0.141. The van der Waals surface area contributed by atoms with Gasteiger partial charge in [0.15, 0.2) is 0 Å². The summed E-state index contributed by atoms with van der Waals surface area (Å²) in [6.45, 7) is 0.